The normalized spacial score (nSPS) is 12.9. The van der Waals surface area contributed by atoms with Gasteiger partial charge in [0.1, 0.15) is 0 Å². The Morgan fingerprint density at radius 3 is 2.45 bits per heavy atom. The Kier molecular flexibility index (Phi) is 7.66. The van der Waals surface area contributed by atoms with Crippen molar-refractivity contribution in [3.63, 3.8) is 0 Å². The first-order chi connectivity index (χ1) is 5.31. The van der Waals surface area contributed by atoms with E-state index < -0.39 is 0 Å². The van der Waals surface area contributed by atoms with Crippen molar-refractivity contribution in [2.45, 2.75) is 52.4 Å². The monoisotopic (exact) mass is 154 g/mol. The first-order valence-corrected chi connectivity index (χ1v) is 4.92. The van der Waals surface area contributed by atoms with E-state index in [9.17, 15) is 0 Å². The van der Waals surface area contributed by atoms with Crippen molar-refractivity contribution in [1.29, 1.82) is 0 Å². The van der Waals surface area contributed by atoms with E-state index in [0.717, 1.165) is 5.92 Å². The average molecular weight is 154 g/mol. The highest BCUT2D eigenvalue weighted by molar-refractivity contribution is 4.66. The van der Waals surface area contributed by atoms with Gasteiger partial charge in [-0.1, -0.05) is 45.6 Å². The molecule has 0 aromatic rings. The summed E-state index contributed by atoms with van der Waals surface area (Å²) in [5.41, 5.74) is 0. The van der Waals surface area contributed by atoms with E-state index in [2.05, 4.69) is 20.4 Å². The molecule has 0 rings (SSSR count). The lowest BCUT2D eigenvalue weighted by molar-refractivity contribution is 0.459. The summed E-state index contributed by atoms with van der Waals surface area (Å²) in [5, 5.41) is 0. The Balaban J connectivity index is 3.08. The summed E-state index contributed by atoms with van der Waals surface area (Å²) in [6, 6.07) is 0. The van der Waals surface area contributed by atoms with Crippen molar-refractivity contribution < 1.29 is 0 Å². The van der Waals surface area contributed by atoms with Gasteiger partial charge in [0.25, 0.3) is 0 Å². The van der Waals surface area contributed by atoms with Crippen molar-refractivity contribution in [1.82, 2.24) is 0 Å². The van der Waals surface area contributed by atoms with Gasteiger partial charge in [0, 0.05) is 0 Å². The zero-order chi connectivity index (χ0) is 8.53. The summed E-state index contributed by atoms with van der Waals surface area (Å²) in [5.74, 6) is 0.926. The number of hydrogen-bond acceptors (Lipinski definition) is 0. The number of unbranched alkanes of at least 4 members (excludes halogenated alkanes) is 2. The first-order valence-electron chi connectivity index (χ1n) is 4.92. The highest BCUT2D eigenvalue weighted by atomic mass is 14.0. The third-order valence-electron chi connectivity index (χ3n) is 2.16. The third kappa shape index (κ3) is 7.64. The topological polar surface area (TPSA) is 0 Å². The molecule has 66 valence electrons. The lowest BCUT2D eigenvalue weighted by Gasteiger charge is -2.08. The van der Waals surface area contributed by atoms with E-state index in [1.807, 2.05) is 6.08 Å². The fraction of sp³-hybridized carbons (Fsp3) is 0.818. The molecule has 1 unspecified atom stereocenters. The number of hydrogen-bond donors (Lipinski definition) is 0. The van der Waals surface area contributed by atoms with Crippen molar-refractivity contribution in [3.05, 3.63) is 12.7 Å². The SMILES string of the molecule is C=CCCCC(C)CCCC. The zero-order valence-corrected chi connectivity index (χ0v) is 8.10. The standard InChI is InChI=1S/C11H22/c1-4-6-8-10-11(3)9-7-5-2/h4,11H,1,5-10H2,2-3H3. The van der Waals surface area contributed by atoms with Crippen LogP contribution in [-0.2, 0) is 0 Å². The van der Waals surface area contributed by atoms with E-state index >= 15 is 0 Å². The number of rotatable bonds is 7. The highest BCUT2D eigenvalue weighted by Crippen LogP contribution is 2.14. The fourth-order valence-corrected chi connectivity index (χ4v) is 1.31. The van der Waals surface area contributed by atoms with Gasteiger partial charge in [-0.15, -0.1) is 6.58 Å². The Bertz CT molecular complexity index is 84.0. The largest absolute Gasteiger partial charge is 0.103 e. The fourth-order valence-electron chi connectivity index (χ4n) is 1.31. The predicted octanol–water partition coefficient (Wildman–Crippen LogP) is 4.17. The van der Waals surface area contributed by atoms with Crippen molar-refractivity contribution >= 4 is 0 Å². The second-order valence-corrected chi connectivity index (χ2v) is 3.47. The van der Waals surface area contributed by atoms with Crippen LogP contribution in [0.4, 0.5) is 0 Å². The maximum atomic E-state index is 3.72. The van der Waals surface area contributed by atoms with Gasteiger partial charge in [0.05, 0.1) is 0 Å². The van der Waals surface area contributed by atoms with Gasteiger partial charge in [-0.3, -0.25) is 0 Å². The molecule has 0 saturated heterocycles. The summed E-state index contributed by atoms with van der Waals surface area (Å²) in [7, 11) is 0. The summed E-state index contributed by atoms with van der Waals surface area (Å²) >= 11 is 0. The maximum absolute atomic E-state index is 3.72. The molecule has 0 N–H and O–H groups in total. The van der Waals surface area contributed by atoms with Crippen LogP contribution in [0.5, 0.6) is 0 Å². The van der Waals surface area contributed by atoms with Crippen LogP contribution in [0.25, 0.3) is 0 Å². The van der Waals surface area contributed by atoms with Gasteiger partial charge < -0.3 is 0 Å². The average Bonchev–Trinajstić information content (AvgIpc) is 2.01. The lowest BCUT2D eigenvalue weighted by atomic mass is 9.98. The van der Waals surface area contributed by atoms with Gasteiger partial charge in [0.2, 0.25) is 0 Å². The number of allylic oxidation sites excluding steroid dienone is 1. The molecule has 0 aliphatic rings. The van der Waals surface area contributed by atoms with E-state index in [1.165, 1.54) is 38.5 Å². The van der Waals surface area contributed by atoms with Crippen LogP contribution in [0.15, 0.2) is 12.7 Å². The summed E-state index contributed by atoms with van der Waals surface area (Å²) in [6.07, 6.45) is 10.1. The van der Waals surface area contributed by atoms with Gasteiger partial charge in [-0.25, -0.2) is 0 Å². The van der Waals surface area contributed by atoms with Gasteiger partial charge >= 0.3 is 0 Å². The second kappa shape index (κ2) is 7.84. The van der Waals surface area contributed by atoms with Crippen LogP contribution in [0.2, 0.25) is 0 Å². The van der Waals surface area contributed by atoms with Crippen LogP contribution in [0, 0.1) is 5.92 Å². The first kappa shape index (κ1) is 10.7. The minimum Gasteiger partial charge on any atom is -0.103 e. The van der Waals surface area contributed by atoms with Crippen LogP contribution in [-0.4, -0.2) is 0 Å². The van der Waals surface area contributed by atoms with Crippen LogP contribution >= 0.6 is 0 Å². The Labute approximate surface area is 71.7 Å². The lowest BCUT2D eigenvalue weighted by Crippen LogP contribution is -1.93. The highest BCUT2D eigenvalue weighted by Gasteiger charge is 1.99. The molecule has 0 aliphatic heterocycles. The van der Waals surface area contributed by atoms with E-state index in [-0.39, 0.29) is 0 Å². The zero-order valence-electron chi connectivity index (χ0n) is 8.10. The van der Waals surface area contributed by atoms with Crippen LogP contribution < -0.4 is 0 Å². The van der Waals surface area contributed by atoms with Gasteiger partial charge in [0.15, 0.2) is 0 Å². The minimum atomic E-state index is 0.926. The Morgan fingerprint density at radius 2 is 1.91 bits per heavy atom. The molecular formula is C11H22. The van der Waals surface area contributed by atoms with Crippen molar-refractivity contribution in [3.8, 4) is 0 Å². The summed E-state index contributed by atoms with van der Waals surface area (Å²) in [6.45, 7) is 8.34. The van der Waals surface area contributed by atoms with Gasteiger partial charge in [-0.2, -0.15) is 0 Å². The molecule has 0 heteroatoms. The van der Waals surface area contributed by atoms with Crippen LogP contribution in [0.3, 0.4) is 0 Å². The molecular weight excluding hydrogens is 132 g/mol. The molecule has 0 aliphatic carbocycles. The Hall–Kier alpha value is -0.260. The molecule has 0 aromatic carbocycles. The molecule has 1 atom stereocenters. The smallest absolute Gasteiger partial charge is 0.0353 e. The quantitative estimate of drug-likeness (QED) is 0.381. The molecule has 0 bridgehead atoms. The van der Waals surface area contributed by atoms with E-state index in [0.29, 0.717) is 0 Å². The molecule has 0 nitrogen and oxygen atoms in total. The molecule has 0 saturated carbocycles. The predicted molar refractivity (Wildman–Crippen MR) is 52.7 cm³/mol. The van der Waals surface area contributed by atoms with Gasteiger partial charge in [-0.05, 0) is 18.8 Å². The molecule has 0 heterocycles. The third-order valence-corrected chi connectivity index (χ3v) is 2.16. The van der Waals surface area contributed by atoms with Crippen molar-refractivity contribution in [2.75, 3.05) is 0 Å². The molecule has 0 fully saturated rings. The molecule has 0 radical (unpaired) electrons. The Morgan fingerprint density at radius 1 is 1.27 bits per heavy atom. The maximum Gasteiger partial charge on any atom is -0.0353 e. The van der Waals surface area contributed by atoms with Crippen LogP contribution in [0.1, 0.15) is 52.4 Å². The minimum absolute atomic E-state index is 0.926. The molecule has 0 spiro atoms. The summed E-state index contributed by atoms with van der Waals surface area (Å²) in [4.78, 5) is 0. The molecule has 0 aromatic heterocycles. The molecule has 11 heavy (non-hydrogen) atoms. The van der Waals surface area contributed by atoms with Crippen molar-refractivity contribution in [2.24, 2.45) is 5.92 Å². The molecule has 0 amide bonds. The van der Waals surface area contributed by atoms with E-state index in [1.54, 1.807) is 0 Å². The summed E-state index contributed by atoms with van der Waals surface area (Å²) < 4.78 is 0. The second-order valence-electron chi connectivity index (χ2n) is 3.47. The van der Waals surface area contributed by atoms with E-state index in [4.69, 9.17) is 0 Å².